The van der Waals surface area contributed by atoms with Gasteiger partial charge in [0.25, 0.3) is 0 Å². The molecule has 1 aliphatic rings. The van der Waals surface area contributed by atoms with Crippen LogP contribution >= 0.6 is 0 Å². The summed E-state index contributed by atoms with van der Waals surface area (Å²) in [5, 5.41) is 0. The number of carbonyl (C=O) groups is 1. The molecule has 0 aliphatic heterocycles. The molecule has 0 aromatic heterocycles. The average Bonchev–Trinajstić information content (AvgIpc) is 2.26. The number of Topliss-reactive ketones (excluding diaryl/α,β-unsaturated/α-hetero) is 1. The molecular weight excluding hydrogens is 208 g/mol. The minimum atomic E-state index is -0.152. The molecule has 0 radical (unpaired) electrons. The second-order valence-corrected chi connectivity index (χ2v) is 7.33. The summed E-state index contributed by atoms with van der Waals surface area (Å²) >= 11 is 0. The van der Waals surface area contributed by atoms with E-state index in [1.165, 1.54) is 12.8 Å². The molecule has 1 saturated carbocycles. The van der Waals surface area contributed by atoms with Gasteiger partial charge in [-0.2, -0.15) is 0 Å². The minimum absolute atomic E-state index is 0.152. The molecule has 1 fully saturated rings. The summed E-state index contributed by atoms with van der Waals surface area (Å²) in [6, 6.07) is 0. The lowest BCUT2D eigenvalue weighted by molar-refractivity contribution is -0.131. The van der Waals surface area contributed by atoms with E-state index in [0.717, 1.165) is 30.6 Å². The molecule has 1 heteroatoms. The van der Waals surface area contributed by atoms with Gasteiger partial charge in [-0.25, -0.2) is 0 Å². The van der Waals surface area contributed by atoms with Crippen LogP contribution in [0, 0.1) is 29.1 Å². The van der Waals surface area contributed by atoms with Crippen LogP contribution in [0.25, 0.3) is 0 Å². The molecule has 0 heterocycles. The maximum atomic E-state index is 12.2. The molecule has 1 atom stereocenters. The number of hydrogen-bond acceptors (Lipinski definition) is 1. The normalized spacial score (nSPS) is 28.2. The summed E-state index contributed by atoms with van der Waals surface area (Å²) in [5.41, 5.74) is -0.152. The van der Waals surface area contributed by atoms with Gasteiger partial charge in [-0.15, -0.1) is 0 Å². The Hall–Kier alpha value is -0.330. The molecule has 100 valence electrons. The Morgan fingerprint density at radius 2 is 1.47 bits per heavy atom. The van der Waals surface area contributed by atoms with Crippen LogP contribution in [-0.2, 0) is 4.79 Å². The molecule has 0 amide bonds. The van der Waals surface area contributed by atoms with Crippen LogP contribution in [0.1, 0.15) is 67.2 Å². The molecule has 17 heavy (non-hydrogen) atoms. The second kappa shape index (κ2) is 5.54. The Morgan fingerprint density at radius 1 is 1.00 bits per heavy atom. The molecule has 0 saturated heterocycles. The highest BCUT2D eigenvalue weighted by Crippen LogP contribution is 2.38. The van der Waals surface area contributed by atoms with Gasteiger partial charge in [0.1, 0.15) is 5.78 Å². The first-order chi connectivity index (χ1) is 7.73. The quantitative estimate of drug-likeness (QED) is 0.696. The number of rotatable bonds is 3. The summed E-state index contributed by atoms with van der Waals surface area (Å²) in [5.74, 6) is 3.24. The van der Waals surface area contributed by atoms with E-state index in [1.807, 2.05) is 0 Å². The number of carbonyl (C=O) groups excluding carboxylic acids is 1. The first-order valence-corrected chi connectivity index (χ1v) is 7.27. The molecule has 0 aromatic rings. The Bertz CT molecular complexity index is 251. The Labute approximate surface area is 107 Å². The summed E-state index contributed by atoms with van der Waals surface area (Å²) in [4.78, 5) is 12.2. The van der Waals surface area contributed by atoms with Crippen molar-refractivity contribution in [3.63, 3.8) is 0 Å². The fourth-order valence-electron chi connectivity index (χ4n) is 3.06. The highest BCUT2D eigenvalue weighted by molar-refractivity contribution is 5.85. The van der Waals surface area contributed by atoms with Crippen LogP contribution in [0.3, 0.4) is 0 Å². The van der Waals surface area contributed by atoms with Crippen LogP contribution in [-0.4, -0.2) is 5.78 Å². The fourth-order valence-corrected chi connectivity index (χ4v) is 3.06. The summed E-state index contributed by atoms with van der Waals surface area (Å²) in [6.07, 6.45) is 4.76. The van der Waals surface area contributed by atoms with Gasteiger partial charge < -0.3 is 0 Å². The van der Waals surface area contributed by atoms with Gasteiger partial charge in [-0.3, -0.25) is 4.79 Å². The van der Waals surface area contributed by atoms with E-state index in [2.05, 4.69) is 41.5 Å². The first-order valence-electron chi connectivity index (χ1n) is 7.27. The Kier molecular flexibility index (Phi) is 4.80. The largest absolute Gasteiger partial charge is 0.299 e. The predicted molar refractivity (Wildman–Crippen MR) is 73.9 cm³/mol. The van der Waals surface area contributed by atoms with E-state index in [4.69, 9.17) is 0 Å². The molecular formula is C16H30O. The predicted octanol–water partition coefficient (Wildman–Crippen LogP) is 4.70. The maximum absolute atomic E-state index is 12.2. The molecule has 0 N–H and O–H groups in total. The molecule has 1 rings (SSSR count). The van der Waals surface area contributed by atoms with Gasteiger partial charge in [-0.05, 0) is 43.4 Å². The lowest BCUT2D eigenvalue weighted by Crippen LogP contribution is -2.33. The summed E-state index contributed by atoms with van der Waals surface area (Å²) in [7, 11) is 0. The van der Waals surface area contributed by atoms with E-state index in [-0.39, 0.29) is 5.41 Å². The van der Waals surface area contributed by atoms with E-state index < -0.39 is 0 Å². The monoisotopic (exact) mass is 238 g/mol. The highest BCUT2D eigenvalue weighted by Gasteiger charge is 2.34. The van der Waals surface area contributed by atoms with Crippen molar-refractivity contribution >= 4 is 5.78 Å². The standard InChI is InChI=1S/C16H30O/c1-11(2)12(3)13-7-9-14(10-8-13)15(17)16(4,5)6/h11-14H,7-10H2,1-6H3. The smallest absolute Gasteiger partial charge is 0.141 e. The van der Waals surface area contributed by atoms with Crippen molar-refractivity contribution in [1.82, 2.24) is 0 Å². The highest BCUT2D eigenvalue weighted by atomic mass is 16.1. The van der Waals surface area contributed by atoms with Gasteiger partial charge in [-0.1, -0.05) is 41.5 Å². The minimum Gasteiger partial charge on any atom is -0.299 e. The van der Waals surface area contributed by atoms with Crippen molar-refractivity contribution in [3.8, 4) is 0 Å². The van der Waals surface area contributed by atoms with Crippen LogP contribution in [0.15, 0.2) is 0 Å². The zero-order valence-electron chi connectivity index (χ0n) is 12.5. The zero-order chi connectivity index (χ0) is 13.2. The van der Waals surface area contributed by atoms with Crippen molar-refractivity contribution in [1.29, 1.82) is 0 Å². The van der Waals surface area contributed by atoms with Crippen LogP contribution in [0.5, 0.6) is 0 Å². The third kappa shape index (κ3) is 3.82. The van der Waals surface area contributed by atoms with Crippen LogP contribution < -0.4 is 0 Å². The Morgan fingerprint density at radius 3 is 1.82 bits per heavy atom. The third-order valence-electron chi connectivity index (χ3n) is 4.68. The van der Waals surface area contributed by atoms with E-state index >= 15 is 0 Å². The van der Waals surface area contributed by atoms with Crippen molar-refractivity contribution in [2.75, 3.05) is 0 Å². The summed E-state index contributed by atoms with van der Waals surface area (Å²) < 4.78 is 0. The van der Waals surface area contributed by atoms with Crippen molar-refractivity contribution in [3.05, 3.63) is 0 Å². The molecule has 0 aromatic carbocycles. The van der Waals surface area contributed by atoms with Gasteiger partial charge in [0, 0.05) is 11.3 Å². The zero-order valence-corrected chi connectivity index (χ0v) is 12.5. The molecule has 1 unspecified atom stereocenters. The summed E-state index contributed by atoms with van der Waals surface area (Å²) in [6.45, 7) is 13.2. The number of hydrogen-bond donors (Lipinski definition) is 0. The number of ketones is 1. The van der Waals surface area contributed by atoms with Gasteiger partial charge in [0.2, 0.25) is 0 Å². The van der Waals surface area contributed by atoms with Crippen molar-refractivity contribution in [2.45, 2.75) is 67.2 Å². The topological polar surface area (TPSA) is 17.1 Å². The van der Waals surface area contributed by atoms with Crippen LogP contribution in [0.4, 0.5) is 0 Å². The first kappa shape index (κ1) is 14.7. The van der Waals surface area contributed by atoms with Crippen LogP contribution in [0.2, 0.25) is 0 Å². The van der Waals surface area contributed by atoms with Crippen molar-refractivity contribution in [2.24, 2.45) is 29.1 Å². The second-order valence-electron chi connectivity index (χ2n) is 7.33. The Balaban J connectivity index is 2.49. The molecule has 0 bridgehead atoms. The van der Waals surface area contributed by atoms with E-state index in [1.54, 1.807) is 0 Å². The van der Waals surface area contributed by atoms with Gasteiger partial charge in [0.05, 0.1) is 0 Å². The fraction of sp³-hybridized carbons (Fsp3) is 0.938. The van der Waals surface area contributed by atoms with Gasteiger partial charge >= 0.3 is 0 Å². The average molecular weight is 238 g/mol. The lowest BCUT2D eigenvalue weighted by Gasteiger charge is -2.35. The molecule has 1 aliphatic carbocycles. The maximum Gasteiger partial charge on any atom is 0.141 e. The van der Waals surface area contributed by atoms with Gasteiger partial charge in [0.15, 0.2) is 0 Å². The SMILES string of the molecule is CC(C)C(C)C1CCC(C(=O)C(C)(C)C)CC1. The lowest BCUT2D eigenvalue weighted by atomic mass is 9.69. The molecule has 0 spiro atoms. The van der Waals surface area contributed by atoms with E-state index in [0.29, 0.717) is 11.7 Å². The van der Waals surface area contributed by atoms with E-state index in [9.17, 15) is 4.79 Å². The van der Waals surface area contributed by atoms with Crippen molar-refractivity contribution < 1.29 is 4.79 Å². The third-order valence-corrected chi connectivity index (χ3v) is 4.68. The molecule has 1 nitrogen and oxygen atoms in total.